The van der Waals surface area contributed by atoms with Crippen molar-refractivity contribution in [3.05, 3.63) is 46.8 Å². The zero-order valence-corrected chi connectivity index (χ0v) is 15.5. The Morgan fingerprint density at radius 2 is 1.73 bits per heavy atom. The SMILES string of the molecule is COc1cc(/C(C#N)=C\c2cc3cc(N)ccc3s2)cc(OC)c1OC. The fraction of sp³-hybridized carbons (Fsp3) is 0.150. The van der Waals surface area contributed by atoms with Crippen molar-refractivity contribution in [2.24, 2.45) is 0 Å². The number of nitrogen functional groups attached to an aromatic ring is 1. The first-order chi connectivity index (χ1) is 12.6. The molecule has 0 saturated heterocycles. The maximum Gasteiger partial charge on any atom is 0.203 e. The van der Waals surface area contributed by atoms with Gasteiger partial charge in [0.25, 0.3) is 0 Å². The Morgan fingerprint density at radius 1 is 1.04 bits per heavy atom. The van der Waals surface area contributed by atoms with Gasteiger partial charge in [-0.15, -0.1) is 11.3 Å². The number of nitriles is 1. The Labute approximate surface area is 155 Å². The van der Waals surface area contributed by atoms with Crippen LogP contribution < -0.4 is 19.9 Å². The van der Waals surface area contributed by atoms with Crippen molar-refractivity contribution in [3.63, 3.8) is 0 Å². The quantitative estimate of drug-likeness (QED) is 0.528. The Bertz CT molecular complexity index is 1010. The molecule has 0 spiro atoms. The van der Waals surface area contributed by atoms with Gasteiger partial charge >= 0.3 is 0 Å². The molecule has 3 rings (SSSR count). The number of hydrogen-bond donors (Lipinski definition) is 1. The minimum atomic E-state index is 0.494. The molecule has 0 unspecified atom stereocenters. The van der Waals surface area contributed by atoms with E-state index in [2.05, 4.69) is 6.07 Å². The van der Waals surface area contributed by atoms with E-state index in [-0.39, 0.29) is 0 Å². The van der Waals surface area contributed by atoms with Crippen LogP contribution in [0.5, 0.6) is 17.2 Å². The summed E-state index contributed by atoms with van der Waals surface area (Å²) < 4.78 is 17.2. The Balaban J connectivity index is 2.10. The molecular weight excluding hydrogens is 348 g/mol. The van der Waals surface area contributed by atoms with E-state index in [1.54, 1.807) is 44.8 Å². The smallest absolute Gasteiger partial charge is 0.203 e. The van der Waals surface area contributed by atoms with E-state index in [0.717, 1.165) is 20.7 Å². The van der Waals surface area contributed by atoms with E-state index in [9.17, 15) is 5.26 Å². The lowest BCUT2D eigenvalue weighted by atomic mass is 10.0. The van der Waals surface area contributed by atoms with Crippen LogP contribution in [0.2, 0.25) is 0 Å². The van der Waals surface area contributed by atoms with E-state index < -0.39 is 0 Å². The molecule has 0 radical (unpaired) electrons. The number of rotatable bonds is 5. The van der Waals surface area contributed by atoms with Crippen molar-refractivity contribution >= 4 is 38.8 Å². The summed E-state index contributed by atoms with van der Waals surface area (Å²) in [5.41, 5.74) is 7.76. The van der Waals surface area contributed by atoms with E-state index in [1.165, 1.54) is 0 Å². The lowest BCUT2D eigenvalue weighted by Gasteiger charge is -2.13. The second-order valence-corrected chi connectivity index (χ2v) is 6.65. The molecule has 0 aliphatic carbocycles. The van der Waals surface area contributed by atoms with E-state index in [1.807, 2.05) is 30.3 Å². The van der Waals surface area contributed by atoms with Gasteiger partial charge in [-0.25, -0.2) is 0 Å². The molecule has 0 bridgehead atoms. The third-order valence-corrected chi connectivity index (χ3v) is 5.01. The van der Waals surface area contributed by atoms with Crippen LogP contribution in [0.3, 0.4) is 0 Å². The van der Waals surface area contributed by atoms with Gasteiger partial charge in [-0.05, 0) is 53.4 Å². The molecule has 26 heavy (non-hydrogen) atoms. The largest absolute Gasteiger partial charge is 0.493 e. The Hall–Kier alpha value is -3.17. The molecule has 0 saturated carbocycles. The molecule has 0 fully saturated rings. The highest BCUT2D eigenvalue weighted by Crippen LogP contribution is 2.40. The molecule has 0 aliphatic rings. The van der Waals surface area contributed by atoms with Crippen LogP contribution in [0.4, 0.5) is 5.69 Å². The summed E-state index contributed by atoms with van der Waals surface area (Å²) in [7, 11) is 4.64. The van der Waals surface area contributed by atoms with Crippen molar-refractivity contribution in [1.82, 2.24) is 0 Å². The van der Waals surface area contributed by atoms with Crippen LogP contribution in [0, 0.1) is 11.3 Å². The summed E-state index contributed by atoms with van der Waals surface area (Å²) in [6.45, 7) is 0. The molecular formula is C20H18N2O3S. The van der Waals surface area contributed by atoms with E-state index >= 15 is 0 Å². The van der Waals surface area contributed by atoms with E-state index in [4.69, 9.17) is 19.9 Å². The number of benzene rings is 2. The standard InChI is InChI=1S/C20H18N2O3S/c1-23-17-9-12(10-18(24-2)20(17)25-3)14(11-21)8-16-7-13-6-15(22)4-5-19(13)26-16/h4-10H,22H2,1-3H3/b14-8-. The minimum Gasteiger partial charge on any atom is -0.493 e. The van der Waals surface area contributed by atoms with E-state index in [0.29, 0.717) is 28.4 Å². The number of nitrogens with two attached hydrogens (primary N) is 1. The number of hydrogen-bond acceptors (Lipinski definition) is 6. The van der Waals surface area contributed by atoms with Gasteiger partial charge in [0.2, 0.25) is 5.75 Å². The lowest BCUT2D eigenvalue weighted by Crippen LogP contribution is -1.96. The van der Waals surface area contributed by atoms with Crippen molar-refractivity contribution in [3.8, 4) is 23.3 Å². The second-order valence-electron chi connectivity index (χ2n) is 5.53. The van der Waals surface area contributed by atoms with Crippen molar-refractivity contribution in [2.45, 2.75) is 0 Å². The third-order valence-electron chi connectivity index (χ3n) is 3.94. The predicted octanol–water partition coefficient (Wildman–Crippen LogP) is 4.57. The number of anilines is 1. The number of fused-ring (bicyclic) bond motifs is 1. The Kier molecular flexibility index (Phi) is 5.01. The molecule has 0 atom stereocenters. The molecule has 0 amide bonds. The average Bonchev–Trinajstić information content (AvgIpc) is 3.06. The highest BCUT2D eigenvalue weighted by molar-refractivity contribution is 7.19. The highest BCUT2D eigenvalue weighted by Gasteiger charge is 2.15. The fourth-order valence-electron chi connectivity index (χ4n) is 2.71. The summed E-state index contributed by atoms with van der Waals surface area (Å²) in [6.07, 6.45) is 1.85. The van der Waals surface area contributed by atoms with Gasteiger partial charge in [-0.2, -0.15) is 5.26 Å². The zero-order chi connectivity index (χ0) is 18.7. The molecule has 2 aromatic carbocycles. The first-order valence-electron chi connectivity index (χ1n) is 7.81. The predicted molar refractivity (Wildman–Crippen MR) is 106 cm³/mol. The highest BCUT2D eigenvalue weighted by atomic mass is 32.1. The number of thiophene rings is 1. The molecule has 1 aromatic heterocycles. The normalized spacial score (nSPS) is 11.2. The van der Waals surface area contributed by atoms with Gasteiger partial charge in [0.15, 0.2) is 11.5 Å². The summed E-state index contributed by atoms with van der Waals surface area (Å²) in [4.78, 5) is 0.968. The molecule has 0 aliphatic heterocycles. The van der Waals surface area contributed by atoms with Crippen LogP contribution in [-0.4, -0.2) is 21.3 Å². The molecule has 3 aromatic rings. The zero-order valence-electron chi connectivity index (χ0n) is 14.7. The molecule has 1 heterocycles. The van der Waals surface area contributed by atoms with Crippen molar-refractivity contribution < 1.29 is 14.2 Å². The van der Waals surface area contributed by atoms with Gasteiger partial charge in [0.05, 0.1) is 33.0 Å². The average molecular weight is 366 g/mol. The molecule has 2 N–H and O–H groups in total. The monoisotopic (exact) mass is 366 g/mol. The lowest BCUT2D eigenvalue weighted by molar-refractivity contribution is 0.324. The van der Waals surface area contributed by atoms with Crippen LogP contribution in [0.15, 0.2) is 36.4 Å². The summed E-state index contributed by atoms with van der Waals surface area (Å²) in [5.74, 6) is 1.51. The topological polar surface area (TPSA) is 77.5 Å². The maximum atomic E-state index is 9.67. The van der Waals surface area contributed by atoms with Gasteiger partial charge in [0, 0.05) is 15.3 Å². The van der Waals surface area contributed by atoms with Gasteiger partial charge in [-0.1, -0.05) is 0 Å². The van der Waals surface area contributed by atoms with Crippen LogP contribution in [0.1, 0.15) is 10.4 Å². The van der Waals surface area contributed by atoms with Crippen LogP contribution in [0.25, 0.3) is 21.7 Å². The van der Waals surface area contributed by atoms with Gasteiger partial charge in [0.1, 0.15) is 0 Å². The summed E-state index contributed by atoms with van der Waals surface area (Å²) >= 11 is 1.60. The van der Waals surface area contributed by atoms with Crippen LogP contribution in [-0.2, 0) is 0 Å². The van der Waals surface area contributed by atoms with Crippen LogP contribution >= 0.6 is 11.3 Å². The number of ether oxygens (including phenoxy) is 3. The molecule has 6 heteroatoms. The number of nitrogens with zero attached hydrogens (tertiary/aromatic N) is 1. The first kappa shape index (κ1) is 17.6. The van der Waals surface area contributed by atoms with Gasteiger partial charge in [-0.3, -0.25) is 0 Å². The summed E-state index contributed by atoms with van der Waals surface area (Å²) in [5, 5.41) is 10.7. The van der Waals surface area contributed by atoms with Crippen molar-refractivity contribution in [1.29, 1.82) is 5.26 Å². The summed E-state index contributed by atoms with van der Waals surface area (Å²) in [6, 6.07) is 13.6. The van der Waals surface area contributed by atoms with Gasteiger partial charge < -0.3 is 19.9 Å². The minimum absolute atomic E-state index is 0.494. The Morgan fingerprint density at radius 3 is 2.31 bits per heavy atom. The number of allylic oxidation sites excluding steroid dienone is 1. The first-order valence-corrected chi connectivity index (χ1v) is 8.62. The second kappa shape index (κ2) is 7.38. The fourth-order valence-corrected chi connectivity index (χ4v) is 3.70. The maximum absolute atomic E-state index is 9.67. The van der Waals surface area contributed by atoms with Crippen molar-refractivity contribution in [2.75, 3.05) is 27.1 Å². The third kappa shape index (κ3) is 3.30. The molecule has 5 nitrogen and oxygen atoms in total. The molecule has 132 valence electrons. The number of methoxy groups -OCH3 is 3.